The van der Waals surface area contributed by atoms with Gasteiger partial charge in [0, 0.05) is 24.5 Å². The molecule has 2 aromatic carbocycles. The Hall–Kier alpha value is -2.81. The van der Waals surface area contributed by atoms with E-state index in [1.54, 1.807) is 6.20 Å². The van der Waals surface area contributed by atoms with Gasteiger partial charge in [-0.1, -0.05) is 68.0 Å². The molecule has 0 amide bonds. The van der Waals surface area contributed by atoms with Crippen LogP contribution >= 0.6 is 0 Å². The van der Waals surface area contributed by atoms with Crippen LogP contribution in [0.2, 0.25) is 0 Å². The van der Waals surface area contributed by atoms with Crippen molar-refractivity contribution in [2.24, 2.45) is 0 Å². The second-order valence-electron chi connectivity index (χ2n) is 6.83. The maximum Gasteiger partial charge on any atom is 0.126 e. The number of aromatic nitrogens is 2. The monoisotopic (exact) mass is 360 g/mol. The highest BCUT2D eigenvalue weighted by Gasteiger charge is 2.07. The minimum Gasteiger partial charge on any atom is -0.493 e. The van der Waals surface area contributed by atoms with Gasteiger partial charge in [0.15, 0.2) is 0 Å². The van der Waals surface area contributed by atoms with Gasteiger partial charge in [0.2, 0.25) is 0 Å². The lowest BCUT2D eigenvalue weighted by Gasteiger charge is -2.14. The average Bonchev–Trinajstić information content (AvgIpc) is 3.21. The molecule has 1 heterocycles. The van der Waals surface area contributed by atoms with Crippen LogP contribution in [0.3, 0.4) is 0 Å². The van der Waals surface area contributed by atoms with E-state index in [1.807, 2.05) is 35.3 Å². The van der Waals surface area contributed by atoms with Crippen molar-refractivity contribution in [2.45, 2.75) is 38.6 Å². The van der Waals surface area contributed by atoms with E-state index in [0.29, 0.717) is 0 Å². The molecule has 0 fully saturated rings. The second kappa shape index (κ2) is 10.4. The maximum absolute atomic E-state index is 6.06. The normalized spacial score (nSPS) is 10.7. The molecule has 3 nitrogen and oxygen atoms in total. The summed E-state index contributed by atoms with van der Waals surface area (Å²) < 4.78 is 8.08. The maximum atomic E-state index is 6.06. The molecule has 3 rings (SSSR count). The third kappa shape index (κ3) is 6.14. The molecule has 140 valence electrons. The SMILES string of the molecule is C=C(Cn1ccnc1)c1ccccc1OCCCCCCc1ccccc1. The fraction of sp³-hybridized carbons (Fsp3) is 0.292. The number of hydrogen-bond donors (Lipinski definition) is 0. The van der Waals surface area contributed by atoms with Crippen LogP contribution < -0.4 is 4.74 Å². The highest BCUT2D eigenvalue weighted by atomic mass is 16.5. The van der Waals surface area contributed by atoms with Crippen LogP contribution in [0.5, 0.6) is 5.75 Å². The predicted molar refractivity (Wildman–Crippen MR) is 112 cm³/mol. The second-order valence-corrected chi connectivity index (χ2v) is 6.83. The molecule has 0 unspecified atom stereocenters. The summed E-state index contributed by atoms with van der Waals surface area (Å²) in [6.45, 7) is 5.70. The first-order valence-corrected chi connectivity index (χ1v) is 9.72. The average molecular weight is 361 g/mol. The molecular formula is C24H28N2O. The van der Waals surface area contributed by atoms with Crippen molar-refractivity contribution in [1.82, 2.24) is 9.55 Å². The number of para-hydroxylation sites is 1. The summed E-state index contributed by atoms with van der Waals surface area (Å²) in [5, 5.41) is 0. The Labute approximate surface area is 162 Å². The lowest BCUT2D eigenvalue weighted by molar-refractivity contribution is 0.304. The van der Waals surface area contributed by atoms with Crippen LogP contribution in [0.4, 0.5) is 0 Å². The minimum atomic E-state index is 0.722. The molecular weight excluding hydrogens is 332 g/mol. The molecule has 0 atom stereocenters. The standard InChI is InChI=1S/C24H28N2O/c1-21(19-26-17-16-25-20-26)23-14-8-9-15-24(23)27-18-10-3-2-5-11-22-12-6-4-7-13-22/h4,6-9,12-17,20H,1-3,5,10-11,18-19H2. The highest BCUT2D eigenvalue weighted by molar-refractivity contribution is 5.68. The topological polar surface area (TPSA) is 27.1 Å². The van der Waals surface area contributed by atoms with Gasteiger partial charge in [0.1, 0.15) is 5.75 Å². The van der Waals surface area contributed by atoms with E-state index in [-0.39, 0.29) is 0 Å². The first-order chi connectivity index (χ1) is 13.3. The van der Waals surface area contributed by atoms with E-state index in [1.165, 1.54) is 31.2 Å². The molecule has 3 heteroatoms. The summed E-state index contributed by atoms with van der Waals surface area (Å²) in [6.07, 6.45) is 11.5. The zero-order valence-corrected chi connectivity index (χ0v) is 15.9. The van der Waals surface area contributed by atoms with Gasteiger partial charge in [-0.3, -0.25) is 0 Å². The van der Waals surface area contributed by atoms with Gasteiger partial charge < -0.3 is 9.30 Å². The van der Waals surface area contributed by atoms with Crippen LogP contribution in [-0.2, 0) is 13.0 Å². The number of ether oxygens (including phenoxy) is 1. The molecule has 27 heavy (non-hydrogen) atoms. The van der Waals surface area contributed by atoms with Gasteiger partial charge in [-0.15, -0.1) is 0 Å². The van der Waals surface area contributed by atoms with Gasteiger partial charge in [-0.2, -0.15) is 0 Å². The van der Waals surface area contributed by atoms with Crippen molar-refractivity contribution in [2.75, 3.05) is 6.61 Å². The van der Waals surface area contributed by atoms with Gasteiger partial charge in [-0.05, 0) is 36.5 Å². The van der Waals surface area contributed by atoms with Crippen molar-refractivity contribution < 1.29 is 4.74 Å². The van der Waals surface area contributed by atoms with Crippen LogP contribution in [0, 0.1) is 0 Å². The van der Waals surface area contributed by atoms with Crippen LogP contribution in [0.1, 0.15) is 36.8 Å². The fourth-order valence-corrected chi connectivity index (χ4v) is 3.18. The minimum absolute atomic E-state index is 0.722. The summed E-state index contributed by atoms with van der Waals surface area (Å²) in [4.78, 5) is 4.09. The summed E-state index contributed by atoms with van der Waals surface area (Å²) in [6, 6.07) is 18.9. The smallest absolute Gasteiger partial charge is 0.126 e. The van der Waals surface area contributed by atoms with Crippen molar-refractivity contribution in [3.8, 4) is 5.75 Å². The molecule has 0 radical (unpaired) electrons. The van der Waals surface area contributed by atoms with E-state index < -0.39 is 0 Å². The molecule has 0 spiro atoms. The van der Waals surface area contributed by atoms with E-state index in [4.69, 9.17) is 4.74 Å². The third-order valence-electron chi connectivity index (χ3n) is 4.66. The Morgan fingerprint density at radius 2 is 1.70 bits per heavy atom. The van der Waals surface area contributed by atoms with Gasteiger partial charge in [-0.25, -0.2) is 4.98 Å². The Morgan fingerprint density at radius 3 is 2.52 bits per heavy atom. The molecule has 0 bridgehead atoms. The zero-order chi connectivity index (χ0) is 18.7. The quantitative estimate of drug-likeness (QED) is 0.405. The van der Waals surface area contributed by atoms with Crippen molar-refractivity contribution in [3.05, 3.63) is 91.0 Å². The lowest BCUT2D eigenvalue weighted by atomic mass is 10.1. The zero-order valence-electron chi connectivity index (χ0n) is 15.9. The number of rotatable bonds is 11. The Balaban J connectivity index is 1.38. The van der Waals surface area contributed by atoms with Gasteiger partial charge in [0.25, 0.3) is 0 Å². The molecule has 0 aliphatic carbocycles. The van der Waals surface area contributed by atoms with Crippen LogP contribution in [0.25, 0.3) is 5.57 Å². The van der Waals surface area contributed by atoms with Crippen molar-refractivity contribution >= 4 is 5.57 Å². The number of nitrogens with zero attached hydrogens (tertiary/aromatic N) is 2. The van der Waals surface area contributed by atoms with Crippen molar-refractivity contribution in [1.29, 1.82) is 0 Å². The number of imidazole rings is 1. The first-order valence-electron chi connectivity index (χ1n) is 9.72. The molecule has 0 aliphatic rings. The summed E-state index contributed by atoms with van der Waals surface area (Å²) in [5.41, 5.74) is 3.54. The molecule has 0 aliphatic heterocycles. The summed E-state index contributed by atoms with van der Waals surface area (Å²) in [7, 11) is 0. The van der Waals surface area contributed by atoms with Crippen LogP contribution in [0.15, 0.2) is 79.9 Å². The number of benzene rings is 2. The Morgan fingerprint density at radius 1 is 0.926 bits per heavy atom. The number of aryl methyl sites for hydroxylation is 1. The molecule has 0 saturated carbocycles. The fourth-order valence-electron chi connectivity index (χ4n) is 3.18. The third-order valence-corrected chi connectivity index (χ3v) is 4.66. The van der Waals surface area contributed by atoms with Gasteiger partial charge >= 0.3 is 0 Å². The molecule has 1 aromatic heterocycles. The summed E-state index contributed by atoms with van der Waals surface area (Å²) >= 11 is 0. The lowest BCUT2D eigenvalue weighted by Crippen LogP contribution is -2.02. The van der Waals surface area contributed by atoms with E-state index in [0.717, 1.165) is 36.5 Å². The van der Waals surface area contributed by atoms with Crippen molar-refractivity contribution in [3.63, 3.8) is 0 Å². The molecule has 0 saturated heterocycles. The predicted octanol–water partition coefficient (Wildman–Crippen LogP) is 5.78. The van der Waals surface area contributed by atoms with E-state index in [2.05, 4.69) is 48.0 Å². The van der Waals surface area contributed by atoms with E-state index in [9.17, 15) is 0 Å². The number of unbranched alkanes of at least 4 members (excludes halogenated alkanes) is 3. The van der Waals surface area contributed by atoms with Gasteiger partial charge in [0.05, 0.1) is 12.9 Å². The highest BCUT2D eigenvalue weighted by Crippen LogP contribution is 2.26. The Kier molecular flexibility index (Phi) is 7.28. The molecule has 3 aromatic rings. The largest absolute Gasteiger partial charge is 0.493 e. The number of allylic oxidation sites excluding steroid dienone is 1. The van der Waals surface area contributed by atoms with Crippen LogP contribution in [-0.4, -0.2) is 16.2 Å². The Bertz CT molecular complexity index is 809. The molecule has 0 N–H and O–H groups in total. The number of hydrogen-bond acceptors (Lipinski definition) is 2. The summed E-state index contributed by atoms with van der Waals surface area (Å²) in [5.74, 6) is 0.923. The van der Waals surface area contributed by atoms with E-state index >= 15 is 0 Å². The first kappa shape index (κ1) is 19.0.